The molecule has 1 N–H and O–H groups in total. The van der Waals surface area contributed by atoms with Crippen LogP contribution in [0.3, 0.4) is 0 Å². The van der Waals surface area contributed by atoms with Crippen molar-refractivity contribution < 1.29 is 4.39 Å². The van der Waals surface area contributed by atoms with Crippen molar-refractivity contribution in [3.8, 4) is 0 Å². The van der Waals surface area contributed by atoms with E-state index >= 15 is 0 Å². The Labute approximate surface area is 173 Å². The summed E-state index contributed by atoms with van der Waals surface area (Å²) in [5, 5.41) is 3.57. The van der Waals surface area contributed by atoms with Crippen LogP contribution in [0.4, 0.5) is 10.2 Å². The maximum Gasteiger partial charge on any atom is 0.232 e. The number of anilines is 1. The largest absolute Gasteiger partial charge is 0.361 e. The average molecular weight is 585 g/mol. The highest BCUT2D eigenvalue weighted by atomic mass is 127. The molecule has 0 aliphatic rings. The van der Waals surface area contributed by atoms with Crippen LogP contribution in [-0.4, -0.2) is 38.2 Å². The Morgan fingerprint density at radius 2 is 1.43 bits per heavy atom. The molecular formula is C14H17Cl2FI2N4. The number of nitrogens with one attached hydrogen (secondary N) is 1. The lowest BCUT2D eigenvalue weighted by Crippen LogP contribution is -2.11. The molecule has 0 saturated carbocycles. The second kappa shape index (κ2) is 12.4. The number of nitrogens with zero attached hydrogens (tertiary/aromatic N) is 3. The van der Waals surface area contributed by atoms with Crippen LogP contribution < -0.4 is 10.2 Å². The van der Waals surface area contributed by atoms with Crippen LogP contribution in [0.2, 0.25) is 10.0 Å². The van der Waals surface area contributed by atoms with Gasteiger partial charge in [-0.2, -0.15) is 4.39 Å². The van der Waals surface area contributed by atoms with Crippen LogP contribution in [-0.2, 0) is 0 Å². The van der Waals surface area contributed by atoms with Gasteiger partial charge in [0.25, 0.3) is 0 Å². The Morgan fingerprint density at radius 3 is 1.78 bits per heavy atom. The molecule has 0 saturated heterocycles. The molecule has 0 bridgehead atoms. The zero-order valence-electron chi connectivity index (χ0n) is 13.0. The molecule has 23 heavy (non-hydrogen) atoms. The van der Waals surface area contributed by atoms with Gasteiger partial charge in [-0.05, 0) is 71.4 Å². The molecule has 0 atom stereocenters. The van der Waals surface area contributed by atoms with E-state index in [2.05, 4.69) is 37.9 Å². The van der Waals surface area contributed by atoms with Crippen molar-refractivity contribution in [1.82, 2.24) is 15.3 Å². The van der Waals surface area contributed by atoms with E-state index in [1.165, 1.54) is 6.20 Å². The number of pyridine rings is 2. The van der Waals surface area contributed by atoms with Gasteiger partial charge < -0.3 is 10.2 Å². The molecule has 0 aliphatic carbocycles. The third-order valence-electron chi connectivity index (χ3n) is 2.05. The summed E-state index contributed by atoms with van der Waals surface area (Å²) in [5.41, 5.74) is 0. The predicted octanol–water partition coefficient (Wildman–Crippen LogP) is 4.72. The first-order valence-corrected chi connectivity index (χ1v) is 9.18. The van der Waals surface area contributed by atoms with Crippen LogP contribution in [0.5, 0.6) is 0 Å². The minimum atomic E-state index is -0.608. The van der Waals surface area contributed by atoms with Crippen molar-refractivity contribution >= 4 is 74.2 Å². The first-order valence-electron chi connectivity index (χ1n) is 6.27. The molecule has 0 unspecified atom stereocenters. The van der Waals surface area contributed by atoms with Gasteiger partial charge in [0.15, 0.2) is 0 Å². The highest BCUT2D eigenvalue weighted by Gasteiger charge is 2.05. The molecule has 0 aromatic carbocycles. The fourth-order valence-corrected chi connectivity index (χ4v) is 2.30. The smallest absolute Gasteiger partial charge is 0.232 e. The minimum absolute atomic E-state index is 0.0955. The topological polar surface area (TPSA) is 41.1 Å². The second-order valence-electron chi connectivity index (χ2n) is 4.22. The van der Waals surface area contributed by atoms with Gasteiger partial charge in [-0.25, -0.2) is 9.97 Å². The molecule has 128 valence electrons. The van der Waals surface area contributed by atoms with E-state index in [0.29, 0.717) is 3.57 Å². The third-order valence-corrected chi connectivity index (χ3v) is 5.21. The molecule has 2 rings (SSSR count). The zero-order chi connectivity index (χ0) is 18.0. The summed E-state index contributed by atoms with van der Waals surface area (Å²) in [6, 6.07) is 3.53. The first kappa shape index (κ1) is 23.0. The molecule has 2 aromatic heterocycles. The summed E-state index contributed by atoms with van der Waals surface area (Å²) in [6.45, 7) is 0. The van der Waals surface area contributed by atoms with E-state index in [1.807, 2.05) is 61.7 Å². The van der Waals surface area contributed by atoms with Gasteiger partial charge in [0, 0.05) is 33.6 Å². The van der Waals surface area contributed by atoms with Crippen LogP contribution >= 0.6 is 68.4 Å². The van der Waals surface area contributed by atoms with Crippen LogP contribution in [0, 0.1) is 13.1 Å². The van der Waals surface area contributed by atoms with Gasteiger partial charge in [0.1, 0.15) is 10.8 Å². The monoisotopic (exact) mass is 584 g/mol. The molecular weight excluding hydrogens is 568 g/mol. The van der Waals surface area contributed by atoms with E-state index in [-0.39, 0.29) is 5.02 Å². The molecule has 0 fully saturated rings. The lowest BCUT2D eigenvalue weighted by molar-refractivity contribution is 0.583. The highest BCUT2D eigenvalue weighted by molar-refractivity contribution is 14.1. The van der Waals surface area contributed by atoms with Crippen molar-refractivity contribution in [2.45, 2.75) is 0 Å². The Hall–Kier alpha value is 0.0300. The van der Waals surface area contributed by atoms with Gasteiger partial charge in [0.2, 0.25) is 5.95 Å². The van der Waals surface area contributed by atoms with Gasteiger partial charge >= 0.3 is 0 Å². The maximum atomic E-state index is 12.3. The van der Waals surface area contributed by atoms with Crippen LogP contribution in [0.1, 0.15) is 0 Å². The Balaban J connectivity index is 0.000000365. The van der Waals surface area contributed by atoms with Crippen molar-refractivity contribution in [2.24, 2.45) is 0 Å². The van der Waals surface area contributed by atoms with E-state index in [4.69, 9.17) is 23.2 Å². The van der Waals surface area contributed by atoms with Crippen LogP contribution in [0.15, 0.2) is 24.5 Å². The normalized spacial score (nSPS) is 9.26. The third kappa shape index (κ3) is 8.62. The quantitative estimate of drug-likeness (QED) is 0.389. The van der Waals surface area contributed by atoms with Crippen molar-refractivity contribution in [2.75, 3.05) is 33.1 Å². The summed E-state index contributed by atoms with van der Waals surface area (Å²) in [4.78, 5) is 9.36. The van der Waals surface area contributed by atoms with Crippen LogP contribution in [0.25, 0.3) is 0 Å². The number of hydrogen-bond acceptors (Lipinski definition) is 4. The number of halogens is 5. The molecule has 2 heterocycles. The fourth-order valence-electron chi connectivity index (χ4n) is 1.12. The second-order valence-corrected chi connectivity index (χ2v) is 7.30. The Morgan fingerprint density at radius 1 is 1.00 bits per heavy atom. The summed E-state index contributed by atoms with van der Waals surface area (Å²) >= 11 is 15.5. The van der Waals surface area contributed by atoms with E-state index in [1.54, 1.807) is 12.3 Å². The Bertz CT molecular complexity index is 595. The minimum Gasteiger partial charge on any atom is -0.361 e. The Kier molecular flexibility index (Phi) is 12.4. The van der Waals surface area contributed by atoms with Gasteiger partial charge in [-0.3, -0.25) is 0 Å². The van der Waals surface area contributed by atoms with Gasteiger partial charge in [-0.15, -0.1) is 0 Å². The molecule has 0 amide bonds. The number of aromatic nitrogens is 2. The van der Waals surface area contributed by atoms with Gasteiger partial charge in [0.05, 0.1) is 5.02 Å². The molecule has 2 aromatic rings. The lowest BCUT2D eigenvalue weighted by atomic mass is 10.4. The zero-order valence-corrected chi connectivity index (χ0v) is 18.9. The van der Waals surface area contributed by atoms with Crippen molar-refractivity contribution in [1.29, 1.82) is 0 Å². The molecule has 0 radical (unpaired) electrons. The van der Waals surface area contributed by atoms with Crippen molar-refractivity contribution in [3.05, 3.63) is 47.7 Å². The predicted molar refractivity (Wildman–Crippen MR) is 113 cm³/mol. The summed E-state index contributed by atoms with van der Waals surface area (Å²) in [5.74, 6) is 0.210. The molecule has 0 spiro atoms. The fraction of sp³-hybridized carbons (Fsp3) is 0.286. The number of rotatable bonds is 1. The standard InChI is InChI=1S/C7H8ClIN2.C5H2ClFIN.C2H7N/c1-11(2)7-6(8)5(9)3-4-10-7;6-4-3(8)1-2-9-5(4)7;1-3-2/h3-4H,1-2H3;1-2H;3H,1-2H3. The maximum absolute atomic E-state index is 12.3. The highest BCUT2D eigenvalue weighted by Crippen LogP contribution is 2.26. The molecule has 9 heteroatoms. The summed E-state index contributed by atoms with van der Waals surface area (Å²) < 4.78 is 14.0. The molecule has 0 aliphatic heterocycles. The SMILES string of the molecule is CN(C)c1nccc(I)c1Cl.CNC.Fc1nccc(I)c1Cl. The van der Waals surface area contributed by atoms with E-state index in [9.17, 15) is 4.39 Å². The number of hydrogen-bond donors (Lipinski definition) is 1. The molecule has 4 nitrogen and oxygen atoms in total. The lowest BCUT2D eigenvalue weighted by Gasteiger charge is -2.12. The summed E-state index contributed by atoms with van der Waals surface area (Å²) in [6.07, 6.45) is 3.13. The van der Waals surface area contributed by atoms with Crippen molar-refractivity contribution in [3.63, 3.8) is 0 Å². The van der Waals surface area contributed by atoms with E-state index < -0.39 is 5.95 Å². The van der Waals surface area contributed by atoms with Gasteiger partial charge in [-0.1, -0.05) is 23.2 Å². The average Bonchev–Trinajstić information content (AvgIpc) is 2.49. The van der Waals surface area contributed by atoms with E-state index in [0.717, 1.165) is 14.4 Å². The summed E-state index contributed by atoms with van der Waals surface area (Å²) in [7, 11) is 7.59. The first-order chi connectivity index (χ1) is 10.8.